The fourth-order valence-electron chi connectivity index (χ4n) is 2.61. The molecule has 0 amide bonds. The second-order valence-corrected chi connectivity index (χ2v) is 6.03. The van der Waals surface area contributed by atoms with Crippen molar-refractivity contribution in [2.24, 2.45) is 5.92 Å². The van der Waals surface area contributed by atoms with Crippen molar-refractivity contribution < 1.29 is 9.84 Å². The van der Waals surface area contributed by atoms with Crippen LogP contribution in [0, 0.1) is 5.92 Å². The number of hydrogen-bond acceptors (Lipinski definition) is 2. The molecule has 1 N–H and O–H groups in total. The third kappa shape index (κ3) is 4.36. The average Bonchev–Trinajstić information content (AvgIpc) is 2.69. The van der Waals surface area contributed by atoms with Crippen molar-refractivity contribution in [1.29, 1.82) is 0 Å². The SMILES string of the molecule is CC(C)CCOCCn1cc2c(c1)C(O)CCCC2. The third-order valence-corrected chi connectivity index (χ3v) is 3.86. The predicted molar refractivity (Wildman–Crippen MR) is 77.2 cm³/mol. The lowest BCUT2D eigenvalue weighted by Gasteiger charge is -2.08. The first-order valence-corrected chi connectivity index (χ1v) is 7.61. The molecule has 0 radical (unpaired) electrons. The Morgan fingerprint density at radius 3 is 2.95 bits per heavy atom. The van der Waals surface area contributed by atoms with Gasteiger partial charge in [-0.2, -0.15) is 0 Å². The van der Waals surface area contributed by atoms with E-state index >= 15 is 0 Å². The smallest absolute Gasteiger partial charge is 0.0807 e. The van der Waals surface area contributed by atoms with Crippen LogP contribution in [0.3, 0.4) is 0 Å². The number of nitrogens with zero attached hydrogens (tertiary/aromatic N) is 1. The highest BCUT2D eigenvalue weighted by Gasteiger charge is 2.18. The molecule has 0 bridgehead atoms. The molecule has 3 heteroatoms. The Kier molecular flexibility index (Phi) is 5.46. The van der Waals surface area contributed by atoms with Gasteiger partial charge in [-0.15, -0.1) is 0 Å². The molecule has 108 valence electrons. The summed E-state index contributed by atoms with van der Waals surface area (Å²) < 4.78 is 7.82. The quantitative estimate of drug-likeness (QED) is 0.632. The van der Waals surface area contributed by atoms with Crippen molar-refractivity contribution in [1.82, 2.24) is 4.57 Å². The maximum absolute atomic E-state index is 10.1. The Hall–Kier alpha value is -0.800. The molecule has 2 rings (SSSR count). The van der Waals surface area contributed by atoms with Crippen LogP contribution in [-0.4, -0.2) is 22.9 Å². The number of hydrogen-bond donors (Lipinski definition) is 1. The van der Waals surface area contributed by atoms with Gasteiger partial charge in [-0.25, -0.2) is 0 Å². The lowest BCUT2D eigenvalue weighted by Crippen LogP contribution is -2.06. The molecule has 1 unspecified atom stereocenters. The fourth-order valence-corrected chi connectivity index (χ4v) is 2.61. The van der Waals surface area contributed by atoms with Gasteiger partial charge >= 0.3 is 0 Å². The molecule has 0 aliphatic heterocycles. The lowest BCUT2D eigenvalue weighted by molar-refractivity contribution is 0.116. The topological polar surface area (TPSA) is 34.4 Å². The summed E-state index contributed by atoms with van der Waals surface area (Å²) in [6.45, 7) is 6.93. The molecule has 1 heterocycles. The van der Waals surface area contributed by atoms with Gasteiger partial charge in [-0.3, -0.25) is 0 Å². The maximum Gasteiger partial charge on any atom is 0.0807 e. The second kappa shape index (κ2) is 7.11. The summed E-state index contributed by atoms with van der Waals surface area (Å²) in [6.07, 6.45) is 9.50. The minimum Gasteiger partial charge on any atom is -0.388 e. The molecule has 1 aliphatic rings. The minimum absolute atomic E-state index is 0.263. The molecule has 3 nitrogen and oxygen atoms in total. The van der Waals surface area contributed by atoms with Gasteiger partial charge in [0.2, 0.25) is 0 Å². The number of ether oxygens (including phenoxy) is 1. The third-order valence-electron chi connectivity index (χ3n) is 3.86. The Morgan fingerprint density at radius 2 is 2.16 bits per heavy atom. The van der Waals surface area contributed by atoms with E-state index in [9.17, 15) is 5.11 Å². The summed E-state index contributed by atoms with van der Waals surface area (Å²) in [5.74, 6) is 0.706. The van der Waals surface area contributed by atoms with Gasteiger partial charge in [0.1, 0.15) is 0 Å². The molecular weight excluding hydrogens is 238 g/mol. The summed E-state index contributed by atoms with van der Waals surface area (Å²) in [6, 6.07) is 0. The zero-order valence-electron chi connectivity index (χ0n) is 12.3. The van der Waals surface area contributed by atoms with E-state index in [4.69, 9.17) is 4.74 Å². The van der Waals surface area contributed by atoms with Crippen LogP contribution in [0.1, 0.15) is 56.8 Å². The van der Waals surface area contributed by atoms with Crippen LogP contribution in [0.5, 0.6) is 0 Å². The van der Waals surface area contributed by atoms with Crippen LogP contribution in [0.4, 0.5) is 0 Å². The van der Waals surface area contributed by atoms with Gasteiger partial charge in [0, 0.05) is 31.1 Å². The molecule has 1 atom stereocenters. The Balaban J connectivity index is 1.80. The van der Waals surface area contributed by atoms with Crippen LogP contribution >= 0.6 is 0 Å². The van der Waals surface area contributed by atoms with Gasteiger partial charge in [-0.1, -0.05) is 20.3 Å². The fraction of sp³-hybridized carbons (Fsp3) is 0.750. The summed E-state index contributed by atoms with van der Waals surface area (Å²) in [4.78, 5) is 0. The number of aliphatic hydroxyl groups is 1. The Morgan fingerprint density at radius 1 is 1.32 bits per heavy atom. The van der Waals surface area contributed by atoms with Gasteiger partial charge in [0.25, 0.3) is 0 Å². The van der Waals surface area contributed by atoms with Gasteiger partial charge in [0.05, 0.1) is 12.7 Å². The van der Waals surface area contributed by atoms with Crippen molar-refractivity contribution in [3.05, 3.63) is 23.5 Å². The first-order valence-electron chi connectivity index (χ1n) is 7.61. The molecule has 0 fully saturated rings. The largest absolute Gasteiger partial charge is 0.388 e. The highest BCUT2D eigenvalue weighted by molar-refractivity contribution is 5.27. The molecular formula is C16H27NO2. The maximum atomic E-state index is 10.1. The summed E-state index contributed by atoms with van der Waals surface area (Å²) in [7, 11) is 0. The first-order chi connectivity index (χ1) is 9.16. The molecule has 1 aromatic rings. The van der Waals surface area contributed by atoms with Crippen LogP contribution in [0.15, 0.2) is 12.4 Å². The van der Waals surface area contributed by atoms with Crippen LogP contribution in [0.2, 0.25) is 0 Å². The Labute approximate surface area is 116 Å². The number of aromatic nitrogens is 1. The molecule has 0 spiro atoms. The van der Waals surface area contributed by atoms with E-state index in [0.29, 0.717) is 5.92 Å². The summed E-state index contributed by atoms with van der Waals surface area (Å²) >= 11 is 0. The average molecular weight is 265 g/mol. The zero-order chi connectivity index (χ0) is 13.7. The number of aryl methyl sites for hydroxylation is 1. The zero-order valence-corrected chi connectivity index (χ0v) is 12.3. The number of rotatable bonds is 6. The van der Waals surface area contributed by atoms with Crippen molar-refractivity contribution in [2.75, 3.05) is 13.2 Å². The normalized spacial score (nSPS) is 19.5. The Bertz CT molecular complexity index is 384. The van der Waals surface area contributed by atoms with Gasteiger partial charge in [0.15, 0.2) is 0 Å². The standard InChI is InChI=1S/C16H27NO2/c1-13(2)7-9-19-10-8-17-11-14-5-3-4-6-16(18)15(14)12-17/h11-13,16,18H,3-10H2,1-2H3. The van der Waals surface area contributed by atoms with Crippen LogP contribution in [0.25, 0.3) is 0 Å². The monoisotopic (exact) mass is 265 g/mol. The van der Waals surface area contributed by atoms with Crippen molar-refractivity contribution >= 4 is 0 Å². The molecule has 0 saturated heterocycles. The van der Waals surface area contributed by atoms with Crippen molar-refractivity contribution in [3.8, 4) is 0 Å². The van der Waals surface area contributed by atoms with E-state index in [-0.39, 0.29) is 6.10 Å². The van der Waals surface area contributed by atoms with Gasteiger partial charge < -0.3 is 14.4 Å². The van der Waals surface area contributed by atoms with E-state index in [1.165, 1.54) is 12.0 Å². The predicted octanol–water partition coefficient (Wildman–Crippen LogP) is 3.31. The highest BCUT2D eigenvalue weighted by atomic mass is 16.5. The summed E-state index contributed by atoms with van der Waals surface area (Å²) in [5, 5.41) is 10.1. The lowest BCUT2D eigenvalue weighted by atomic mass is 10.1. The molecule has 1 aromatic heterocycles. The van der Waals surface area contributed by atoms with E-state index in [1.54, 1.807) is 0 Å². The van der Waals surface area contributed by atoms with Crippen molar-refractivity contribution in [2.45, 2.75) is 58.6 Å². The van der Waals surface area contributed by atoms with E-state index in [1.807, 2.05) is 0 Å². The van der Waals surface area contributed by atoms with E-state index < -0.39 is 0 Å². The van der Waals surface area contributed by atoms with Gasteiger partial charge in [-0.05, 0) is 37.2 Å². The van der Waals surface area contributed by atoms with Crippen LogP contribution < -0.4 is 0 Å². The molecule has 0 aromatic carbocycles. The number of aliphatic hydroxyl groups excluding tert-OH is 1. The minimum atomic E-state index is -0.263. The van der Waals surface area contributed by atoms with Crippen molar-refractivity contribution in [3.63, 3.8) is 0 Å². The van der Waals surface area contributed by atoms with Crippen LogP contribution in [-0.2, 0) is 17.7 Å². The van der Waals surface area contributed by atoms with E-state index in [2.05, 4.69) is 30.8 Å². The summed E-state index contributed by atoms with van der Waals surface area (Å²) in [5.41, 5.74) is 2.46. The highest BCUT2D eigenvalue weighted by Crippen LogP contribution is 2.29. The first kappa shape index (κ1) is 14.6. The molecule has 0 saturated carbocycles. The van der Waals surface area contributed by atoms with E-state index in [0.717, 1.165) is 51.0 Å². The molecule has 1 aliphatic carbocycles. The number of fused-ring (bicyclic) bond motifs is 1. The molecule has 19 heavy (non-hydrogen) atoms. The second-order valence-electron chi connectivity index (χ2n) is 6.03.